The molecule has 0 saturated carbocycles. The summed E-state index contributed by atoms with van der Waals surface area (Å²) >= 11 is 1.87. The van der Waals surface area contributed by atoms with Crippen molar-refractivity contribution >= 4 is 80.9 Å². The third kappa shape index (κ3) is 5.62. The largest absolute Gasteiger partial charge is 0.310 e. The first-order valence-corrected chi connectivity index (χ1v) is 20.0. The van der Waals surface area contributed by atoms with Crippen LogP contribution >= 0.6 is 11.3 Å². The normalized spacial score (nSPS) is 11.6. The average Bonchev–Trinajstić information content (AvgIpc) is 3.65. The molecule has 0 aliphatic carbocycles. The predicted octanol–water partition coefficient (Wildman–Crippen LogP) is 16.0. The Labute approximate surface area is 330 Å². The van der Waals surface area contributed by atoms with Gasteiger partial charge in [0.15, 0.2) is 0 Å². The van der Waals surface area contributed by atoms with Crippen molar-refractivity contribution in [2.75, 3.05) is 4.90 Å². The Hall–Kier alpha value is -7.00. The van der Waals surface area contributed by atoms with E-state index < -0.39 is 0 Å². The highest BCUT2D eigenvalue weighted by atomic mass is 32.1. The third-order valence-electron chi connectivity index (χ3n) is 11.2. The lowest BCUT2D eigenvalue weighted by molar-refractivity contribution is 1.29. The van der Waals surface area contributed by atoms with Crippen molar-refractivity contribution in [3.8, 4) is 33.4 Å². The lowest BCUT2D eigenvalue weighted by Gasteiger charge is -2.26. The summed E-state index contributed by atoms with van der Waals surface area (Å²) in [5.41, 5.74) is 10.6. The topological polar surface area (TPSA) is 3.24 Å². The van der Waals surface area contributed by atoms with E-state index in [4.69, 9.17) is 0 Å². The molecule has 1 nitrogen and oxygen atoms in total. The maximum atomic E-state index is 2.38. The van der Waals surface area contributed by atoms with Crippen LogP contribution in [0.25, 0.3) is 85.9 Å². The molecule has 0 bridgehead atoms. The van der Waals surface area contributed by atoms with Gasteiger partial charge in [0, 0.05) is 37.2 Å². The van der Waals surface area contributed by atoms with E-state index >= 15 is 0 Å². The van der Waals surface area contributed by atoms with Crippen LogP contribution in [-0.2, 0) is 0 Å². The van der Waals surface area contributed by atoms with Gasteiger partial charge in [-0.05, 0) is 120 Å². The minimum absolute atomic E-state index is 1.11. The number of benzene rings is 10. The van der Waals surface area contributed by atoms with E-state index in [1.807, 2.05) is 11.3 Å². The van der Waals surface area contributed by atoms with Crippen molar-refractivity contribution in [3.63, 3.8) is 0 Å². The Morgan fingerprint density at radius 3 is 1.57 bits per heavy atom. The smallest absolute Gasteiger partial charge is 0.0468 e. The highest BCUT2D eigenvalue weighted by molar-refractivity contribution is 7.25. The summed E-state index contributed by atoms with van der Waals surface area (Å²) in [5, 5.41) is 10.2. The molecule has 0 saturated heterocycles. The summed E-state index contributed by atoms with van der Waals surface area (Å²) in [6, 6.07) is 77.8. The van der Waals surface area contributed by atoms with Crippen molar-refractivity contribution in [1.29, 1.82) is 0 Å². The van der Waals surface area contributed by atoms with Crippen molar-refractivity contribution in [3.05, 3.63) is 212 Å². The van der Waals surface area contributed by atoms with Gasteiger partial charge >= 0.3 is 0 Å². The number of hydrogen-bond donors (Lipinski definition) is 0. The first-order valence-electron chi connectivity index (χ1n) is 19.2. The highest BCUT2D eigenvalue weighted by Crippen LogP contribution is 2.41. The molecule has 56 heavy (non-hydrogen) atoms. The van der Waals surface area contributed by atoms with Crippen LogP contribution in [0, 0.1) is 0 Å². The van der Waals surface area contributed by atoms with Gasteiger partial charge in [0.25, 0.3) is 0 Å². The highest BCUT2D eigenvalue weighted by Gasteiger charge is 2.16. The average molecular weight is 730 g/mol. The monoisotopic (exact) mass is 729 g/mol. The molecule has 0 amide bonds. The minimum Gasteiger partial charge on any atom is -0.310 e. The summed E-state index contributed by atoms with van der Waals surface area (Å²) in [6.45, 7) is 0. The molecule has 11 rings (SSSR count). The van der Waals surface area contributed by atoms with Gasteiger partial charge in [0.2, 0.25) is 0 Å². The Kier molecular flexibility index (Phi) is 7.75. The number of anilines is 3. The Morgan fingerprint density at radius 1 is 0.268 bits per heavy atom. The Balaban J connectivity index is 0.983. The predicted molar refractivity (Wildman–Crippen MR) is 243 cm³/mol. The van der Waals surface area contributed by atoms with Crippen LogP contribution in [0.15, 0.2) is 212 Å². The molecule has 0 N–H and O–H groups in total. The van der Waals surface area contributed by atoms with Crippen LogP contribution in [0.2, 0.25) is 0 Å². The van der Waals surface area contributed by atoms with Crippen LogP contribution in [0.5, 0.6) is 0 Å². The van der Waals surface area contributed by atoms with E-state index in [0.29, 0.717) is 0 Å². The van der Waals surface area contributed by atoms with Gasteiger partial charge in [-0.15, -0.1) is 11.3 Å². The molecule has 0 aliphatic rings. The second-order valence-corrected chi connectivity index (χ2v) is 15.6. The number of rotatable bonds is 6. The summed E-state index contributed by atoms with van der Waals surface area (Å²) in [5.74, 6) is 0. The van der Waals surface area contributed by atoms with Crippen LogP contribution in [0.3, 0.4) is 0 Å². The fourth-order valence-electron chi connectivity index (χ4n) is 8.44. The zero-order valence-electron chi connectivity index (χ0n) is 30.6. The molecule has 2 heteroatoms. The molecular weight excluding hydrogens is 695 g/mol. The summed E-state index contributed by atoms with van der Waals surface area (Å²) in [4.78, 5) is 2.38. The van der Waals surface area contributed by atoms with Gasteiger partial charge in [0.1, 0.15) is 0 Å². The van der Waals surface area contributed by atoms with Crippen LogP contribution in [0.4, 0.5) is 17.1 Å². The number of nitrogens with zero attached hydrogens (tertiary/aromatic N) is 1. The summed E-state index contributed by atoms with van der Waals surface area (Å²) in [6.07, 6.45) is 0. The molecule has 0 spiro atoms. The zero-order valence-corrected chi connectivity index (χ0v) is 31.4. The van der Waals surface area contributed by atoms with E-state index in [1.54, 1.807) is 0 Å². The first kappa shape index (κ1) is 32.4. The van der Waals surface area contributed by atoms with Gasteiger partial charge in [0.05, 0.1) is 0 Å². The molecule has 0 aliphatic heterocycles. The number of thiophene rings is 1. The molecule has 262 valence electrons. The fraction of sp³-hybridized carbons (Fsp3) is 0. The van der Waals surface area contributed by atoms with Gasteiger partial charge in [-0.1, -0.05) is 158 Å². The molecule has 1 aromatic heterocycles. The van der Waals surface area contributed by atoms with E-state index in [9.17, 15) is 0 Å². The number of fused-ring (bicyclic) bond motifs is 7. The van der Waals surface area contributed by atoms with E-state index in [1.165, 1.54) is 85.9 Å². The second kappa shape index (κ2) is 13.4. The molecule has 11 aromatic rings. The molecule has 10 aromatic carbocycles. The first-order chi connectivity index (χ1) is 27.7. The Bertz CT molecular complexity index is 3240. The minimum atomic E-state index is 1.11. The van der Waals surface area contributed by atoms with E-state index in [0.717, 1.165) is 17.1 Å². The molecular formula is C54H35NS. The van der Waals surface area contributed by atoms with Gasteiger partial charge in [-0.3, -0.25) is 0 Å². The van der Waals surface area contributed by atoms with Gasteiger partial charge in [-0.2, -0.15) is 0 Å². The molecule has 0 atom stereocenters. The fourth-order valence-corrected chi connectivity index (χ4v) is 9.59. The summed E-state index contributed by atoms with van der Waals surface area (Å²) in [7, 11) is 0. The quantitative estimate of drug-likeness (QED) is 0.154. The number of hydrogen-bond acceptors (Lipinski definition) is 2. The molecule has 0 unspecified atom stereocenters. The van der Waals surface area contributed by atoms with Gasteiger partial charge < -0.3 is 4.90 Å². The maximum Gasteiger partial charge on any atom is 0.0468 e. The molecule has 0 radical (unpaired) electrons. The molecule has 0 fully saturated rings. The summed E-state index contributed by atoms with van der Waals surface area (Å²) < 4.78 is 2.65. The standard InChI is InChI=1S/C54H35NS/c1-3-14-47-38(9-1)11-8-17-49(47)42-13-7-12-40(33-42)36-21-26-44(27-22-36)55(46-30-32-50-43(34-46)20-19-39-10-2-4-15-48(39)50)45-28-23-37(24-29-45)41-25-31-52-51-16-5-6-18-53(51)56-54(52)35-41/h1-35H. The zero-order chi connectivity index (χ0) is 37.0. The van der Waals surface area contributed by atoms with Crippen molar-refractivity contribution in [1.82, 2.24) is 0 Å². The maximum absolute atomic E-state index is 2.38. The van der Waals surface area contributed by atoms with Crippen LogP contribution < -0.4 is 4.90 Å². The lowest BCUT2D eigenvalue weighted by Crippen LogP contribution is -2.09. The Morgan fingerprint density at radius 2 is 0.786 bits per heavy atom. The van der Waals surface area contributed by atoms with Crippen molar-refractivity contribution < 1.29 is 0 Å². The molecule has 1 heterocycles. The van der Waals surface area contributed by atoms with Gasteiger partial charge in [-0.25, -0.2) is 0 Å². The van der Waals surface area contributed by atoms with Crippen LogP contribution in [-0.4, -0.2) is 0 Å². The second-order valence-electron chi connectivity index (χ2n) is 14.5. The lowest BCUT2D eigenvalue weighted by atomic mass is 9.95. The van der Waals surface area contributed by atoms with Crippen molar-refractivity contribution in [2.45, 2.75) is 0 Å². The SMILES string of the molecule is c1cc(-c2ccc(N(c3ccc(-c4ccc5c(c4)sc4ccccc45)cc3)c3ccc4c(ccc5ccccc54)c3)cc2)cc(-c2cccc3ccccc23)c1. The van der Waals surface area contributed by atoms with Crippen molar-refractivity contribution in [2.24, 2.45) is 0 Å². The van der Waals surface area contributed by atoms with E-state index in [-0.39, 0.29) is 0 Å². The third-order valence-corrected chi connectivity index (χ3v) is 12.4. The van der Waals surface area contributed by atoms with Crippen LogP contribution in [0.1, 0.15) is 0 Å². The van der Waals surface area contributed by atoms with E-state index in [2.05, 4.69) is 217 Å².